The summed E-state index contributed by atoms with van der Waals surface area (Å²) in [6, 6.07) is 0.237. The molecule has 0 aliphatic carbocycles. The fraction of sp³-hybridized carbons (Fsp3) is 1.00. The van der Waals surface area contributed by atoms with E-state index in [1.54, 1.807) is 7.11 Å². The van der Waals surface area contributed by atoms with Crippen molar-refractivity contribution in [2.45, 2.75) is 38.0 Å². The molecule has 0 aromatic carbocycles. The van der Waals surface area contributed by atoms with Crippen molar-refractivity contribution in [3.05, 3.63) is 0 Å². The minimum absolute atomic E-state index is 0.237. The van der Waals surface area contributed by atoms with Crippen LogP contribution in [0.1, 0.15) is 19.8 Å². The van der Waals surface area contributed by atoms with Crippen LogP contribution in [-0.4, -0.2) is 44.4 Å². The van der Waals surface area contributed by atoms with E-state index in [4.69, 9.17) is 21.1 Å². The van der Waals surface area contributed by atoms with Crippen molar-refractivity contribution in [2.24, 2.45) is 0 Å². The number of methoxy groups -OCH3 is 1. The van der Waals surface area contributed by atoms with E-state index in [9.17, 15) is 0 Å². The maximum Gasteiger partial charge on any atom is 0.0704 e. The predicted molar refractivity (Wildman–Crippen MR) is 58.0 cm³/mol. The quantitative estimate of drug-likeness (QED) is 0.688. The fourth-order valence-corrected chi connectivity index (χ4v) is 1.89. The summed E-state index contributed by atoms with van der Waals surface area (Å²) in [5.41, 5.74) is 0. The molecule has 0 spiro atoms. The molecule has 14 heavy (non-hydrogen) atoms. The minimum Gasteiger partial charge on any atom is -0.383 e. The fourth-order valence-electron chi connectivity index (χ4n) is 1.69. The van der Waals surface area contributed by atoms with Gasteiger partial charge in [-0.05, 0) is 19.8 Å². The molecule has 0 amide bonds. The Morgan fingerprint density at radius 3 is 2.86 bits per heavy atom. The Balaban J connectivity index is 2.12. The summed E-state index contributed by atoms with van der Waals surface area (Å²) in [5, 5.41) is 3.35. The molecule has 1 rings (SSSR count). The second-order valence-electron chi connectivity index (χ2n) is 3.86. The van der Waals surface area contributed by atoms with Gasteiger partial charge in [0.25, 0.3) is 0 Å². The maximum atomic E-state index is 5.78. The van der Waals surface area contributed by atoms with Gasteiger partial charge in [0.2, 0.25) is 0 Å². The highest BCUT2D eigenvalue weighted by Crippen LogP contribution is 2.18. The zero-order valence-corrected chi connectivity index (χ0v) is 9.72. The first-order valence-corrected chi connectivity index (χ1v) is 5.73. The summed E-state index contributed by atoms with van der Waals surface area (Å²) in [4.78, 5) is 0. The Bertz CT molecular complexity index is 153. The Morgan fingerprint density at radius 1 is 1.57 bits per heavy atom. The van der Waals surface area contributed by atoms with Crippen molar-refractivity contribution in [2.75, 3.05) is 26.1 Å². The third-order valence-corrected chi connectivity index (χ3v) is 2.88. The van der Waals surface area contributed by atoms with E-state index < -0.39 is 0 Å². The molecule has 1 saturated heterocycles. The second kappa shape index (κ2) is 6.62. The molecule has 0 saturated carbocycles. The van der Waals surface area contributed by atoms with Gasteiger partial charge in [-0.2, -0.15) is 0 Å². The smallest absolute Gasteiger partial charge is 0.0704 e. The van der Waals surface area contributed by atoms with Gasteiger partial charge in [0.1, 0.15) is 0 Å². The molecular weight excluding hydrogens is 202 g/mol. The summed E-state index contributed by atoms with van der Waals surface area (Å²) in [6.07, 6.45) is 3.09. The van der Waals surface area contributed by atoms with E-state index >= 15 is 0 Å². The molecule has 3 atom stereocenters. The number of ether oxygens (including phenoxy) is 2. The lowest BCUT2D eigenvalue weighted by molar-refractivity contribution is 0.0523. The van der Waals surface area contributed by atoms with Crippen LogP contribution in [0, 0.1) is 0 Å². The van der Waals surface area contributed by atoms with E-state index in [0.717, 1.165) is 13.0 Å². The lowest BCUT2D eigenvalue weighted by Crippen LogP contribution is -2.39. The standard InChI is InChI=1S/C10H20ClNO2/c1-8-3-4-10(14-8)6-12-9(5-11)7-13-2/h8-10,12H,3-7H2,1-2H3. The first kappa shape index (κ1) is 12.2. The molecule has 1 heterocycles. The number of nitrogens with one attached hydrogen (secondary N) is 1. The predicted octanol–water partition coefficient (Wildman–Crippen LogP) is 1.40. The van der Waals surface area contributed by atoms with E-state index in [1.807, 2.05) is 0 Å². The highest BCUT2D eigenvalue weighted by Gasteiger charge is 2.22. The van der Waals surface area contributed by atoms with Crippen LogP contribution in [0.25, 0.3) is 0 Å². The lowest BCUT2D eigenvalue weighted by Gasteiger charge is -2.18. The van der Waals surface area contributed by atoms with Gasteiger partial charge in [0.15, 0.2) is 0 Å². The van der Waals surface area contributed by atoms with Gasteiger partial charge in [-0.1, -0.05) is 0 Å². The first-order chi connectivity index (χ1) is 6.76. The molecule has 1 N–H and O–H groups in total. The molecule has 0 radical (unpaired) electrons. The molecule has 1 aliphatic rings. The SMILES string of the molecule is COCC(CCl)NCC1CCC(C)O1. The van der Waals surface area contributed by atoms with Crippen LogP contribution < -0.4 is 5.32 Å². The number of alkyl halides is 1. The Hall–Kier alpha value is 0.170. The van der Waals surface area contributed by atoms with E-state index in [1.165, 1.54) is 6.42 Å². The Kier molecular flexibility index (Phi) is 5.78. The third kappa shape index (κ3) is 4.13. The molecule has 0 aromatic rings. The molecule has 84 valence electrons. The first-order valence-electron chi connectivity index (χ1n) is 5.20. The van der Waals surface area contributed by atoms with Gasteiger partial charge in [-0.25, -0.2) is 0 Å². The van der Waals surface area contributed by atoms with Crippen LogP contribution in [0.3, 0.4) is 0 Å². The summed E-state index contributed by atoms with van der Waals surface area (Å²) in [6.45, 7) is 3.66. The molecule has 3 unspecified atom stereocenters. The van der Waals surface area contributed by atoms with Crippen LogP contribution >= 0.6 is 11.6 Å². The molecule has 3 nitrogen and oxygen atoms in total. The van der Waals surface area contributed by atoms with Gasteiger partial charge in [0, 0.05) is 25.6 Å². The Labute approximate surface area is 91.1 Å². The maximum absolute atomic E-state index is 5.78. The van der Waals surface area contributed by atoms with Crippen molar-refractivity contribution >= 4 is 11.6 Å². The largest absolute Gasteiger partial charge is 0.383 e. The zero-order chi connectivity index (χ0) is 10.4. The normalized spacial score (nSPS) is 29.4. The van der Waals surface area contributed by atoms with Gasteiger partial charge >= 0.3 is 0 Å². The average molecular weight is 222 g/mol. The van der Waals surface area contributed by atoms with Crippen molar-refractivity contribution in [1.82, 2.24) is 5.32 Å². The summed E-state index contributed by atoms with van der Waals surface area (Å²) < 4.78 is 10.7. The monoisotopic (exact) mass is 221 g/mol. The van der Waals surface area contributed by atoms with Crippen LogP contribution in [0.15, 0.2) is 0 Å². The molecular formula is C10H20ClNO2. The summed E-state index contributed by atoms with van der Waals surface area (Å²) in [7, 11) is 1.69. The van der Waals surface area contributed by atoms with Crippen LogP contribution in [-0.2, 0) is 9.47 Å². The number of halogens is 1. The molecule has 1 fully saturated rings. The van der Waals surface area contributed by atoms with Crippen LogP contribution in [0.2, 0.25) is 0 Å². The lowest BCUT2D eigenvalue weighted by atomic mass is 10.2. The minimum atomic E-state index is 0.237. The summed E-state index contributed by atoms with van der Waals surface area (Å²) >= 11 is 5.78. The van der Waals surface area contributed by atoms with Crippen LogP contribution in [0.5, 0.6) is 0 Å². The second-order valence-corrected chi connectivity index (χ2v) is 4.17. The van der Waals surface area contributed by atoms with Gasteiger partial charge in [0.05, 0.1) is 18.8 Å². The van der Waals surface area contributed by atoms with E-state index in [0.29, 0.717) is 24.7 Å². The van der Waals surface area contributed by atoms with Gasteiger partial charge in [-0.3, -0.25) is 0 Å². The van der Waals surface area contributed by atoms with Crippen molar-refractivity contribution < 1.29 is 9.47 Å². The van der Waals surface area contributed by atoms with Crippen LogP contribution in [0.4, 0.5) is 0 Å². The van der Waals surface area contributed by atoms with E-state index in [2.05, 4.69) is 12.2 Å². The molecule has 4 heteroatoms. The summed E-state index contributed by atoms with van der Waals surface area (Å²) in [5.74, 6) is 0.579. The van der Waals surface area contributed by atoms with Crippen molar-refractivity contribution in [1.29, 1.82) is 0 Å². The van der Waals surface area contributed by atoms with Gasteiger partial charge < -0.3 is 14.8 Å². The van der Waals surface area contributed by atoms with E-state index in [-0.39, 0.29) is 6.04 Å². The number of rotatable bonds is 6. The number of hydrogen-bond donors (Lipinski definition) is 1. The number of hydrogen-bond acceptors (Lipinski definition) is 3. The topological polar surface area (TPSA) is 30.5 Å². The molecule has 1 aliphatic heterocycles. The highest BCUT2D eigenvalue weighted by molar-refractivity contribution is 6.18. The molecule has 0 bridgehead atoms. The highest BCUT2D eigenvalue weighted by atomic mass is 35.5. The molecule has 0 aromatic heterocycles. The Morgan fingerprint density at radius 2 is 2.36 bits per heavy atom. The van der Waals surface area contributed by atoms with Gasteiger partial charge in [-0.15, -0.1) is 11.6 Å². The zero-order valence-electron chi connectivity index (χ0n) is 8.96. The third-order valence-electron chi connectivity index (χ3n) is 2.51. The average Bonchev–Trinajstić information content (AvgIpc) is 2.59. The van der Waals surface area contributed by atoms with Crippen molar-refractivity contribution in [3.8, 4) is 0 Å². The van der Waals surface area contributed by atoms with Crippen molar-refractivity contribution in [3.63, 3.8) is 0 Å².